The maximum atomic E-state index is 13.3. The molecule has 6 nitrogen and oxygen atoms in total. The molecule has 0 aliphatic carbocycles. The Kier molecular flexibility index (Phi) is 6.92. The van der Waals surface area contributed by atoms with Gasteiger partial charge in [-0.05, 0) is 75.2 Å². The monoisotopic (exact) mass is 471 g/mol. The van der Waals surface area contributed by atoms with Crippen molar-refractivity contribution < 1.29 is 24.2 Å². The van der Waals surface area contributed by atoms with Gasteiger partial charge < -0.3 is 14.6 Å². The summed E-state index contributed by atoms with van der Waals surface area (Å²) in [6.07, 6.45) is -0.0526. The SMILES string of the molecule is CCOc1ccc(C2/C(=C(\O)c3cccc(OC(C)C)c3)C(=O)C(=O)N2c2cccc(C)c2)cc1. The molecule has 0 saturated carbocycles. The Hall–Kier alpha value is -4.06. The highest BCUT2D eigenvalue weighted by atomic mass is 16.5. The Morgan fingerprint density at radius 1 is 0.971 bits per heavy atom. The van der Waals surface area contributed by atoms with Crippen LogP contribution in [0.1, 0.15) is 43.5 Å². The van der Waals surface area contributed by atoms with E-state index >= 15 is 0 Å². The number of Topliss-reactive ketones (excluding diaryl/α,β-unsaturated/α-hetero) is 1. The molecule has 1 unspecified atom stereocenters. The number of aliphatic hydroxyl groups excluding tert-OH is 1. The van der Waals surface area contributed by atoms with E-state index in [2.05, 4.69) is 0 Å². The van der Waals surface area contributed by atoms with Crippen LogP contribution in [0.5, 0.6) is 11.5 Å². The number of carbonyl (C=O) groups is 2. The largest absolute Gasteiger partial charge is 0.507 e. The smallest absolute Gasteiger partial charge is 0.300 e. The first-order chi connectivity index (χ1) is 16.8. The number of aryl methyl sites for hydroxylation is 1. The van der Waals surface area contributed by atoms with Crippen LogP contribution in [0.2, 0.25) is 0 Å². The van der Waals surface area contributed by atoms with Gasteiger partial charge in [0.05, 0.1) is 24.3 Å². The second-order valence-electron chi connectivity index (χ2n) is 8.70. The highest BCUT2D eigenvalue weighted by molar-refractivity contribution is 6.51. The molecular weight excluding hydrogens is 442 g/mol. The van der Waals surface area contributed by atoms with Crippen molar-refractivity contribution in [3.05, 3.63) is 95.1 Å². The third-order valence-electron chi connectivity index (χ3n) is 5.71. The van der Waals surface area contributed by atoms with Crippen molar-refractivity contribution >= 4 is 23.1 Å². The van der Waals surface area contributed by atoms with Crippen molar-refractivity contribution in [1.82, 2.24) is 0 Å². The van der Waals surface area contributed by atoms with Crippen molar-refractivity contribution in [1.29, 1.82) is 0 Å². The summed E-state index contributed by atoms with van der Waals surface area (Å²) in [5, 5.41) is 11.4. The van der Waals surface area contributed by atoms with Gasteiger partial charge in [-0.2, -0.15) is 0 Å². The summed E-state index contributed by atoms with van der Waals surface area (Å²) in [4.78, 5) is 28.1. The van der Waals surface area contributed by atoms with Crippen molar-refractivity contribution in [3.8, 4) is 11.5 Å². The molecule has 1 amide bonds. The maximum Gasteiger partial charge on any atom is 0.300 e. The van der Waals surface area contributed by atoms with Crippen molar-refractivity contribution in [3.63, 3.8) is 0 Å². The number of ether oxygens (including phenoxy) is 2. The molecule has 3 aromatic carbocycles. The van der Waals surface area contributed by atoms with Crippen molar-refractivity contribution in [2.75, 3.05) is 11.5 Å². The third kappa shape index (κ3) is 4.92. The van der Waals surface area contributed by atoms with Crippen LogP contribution in [0.15, 0.2) is 78.4 Å². The van der Waals surface area contributed by atoms with Crippen LogP contribution in [-0.4, -0.2) is 29.5 Å². The van der Waals surface area contributed by atoms with E-state index in [0.717, 1.165) is 5.56 Å². The summed E-state index contributed by atoms with van der Waals surface area (Å²) in [5.74, 6) is -0.424. The minimum Gasteiger partial charge on any atom is -0.507 e. The lowest BCUT2D eigenvalue weighted by Gasteiger charge is -2.26. The third-order valence-corrected chi connectivity index (χ3v) is 5.71. The van der Waals surface area contributed by atoms with E-state index in [1.165, 1.54) is 4.90 Å². The van der Waals surface area contributed by atoms with E-state index in [0.29, 0.717) is 34.9 Å². The Morgan fingerprint density at radius 3 is 2.34 bits per heavy atom. The Morgan fingerprint density at radius 2 is 1.69 bits per heavy atom. The standard InChI is InChI=1S/C29H29NO5/c1-5-34-23-14-12-20(13-15-23)26-25(27(31)21-9-7-11-24(17-21)35-18(2)3)28(32)29(33)30(26)22-10-6-8-19(4)16-22/h6-18,26,31H,5H2,1-4H3/b27-25+. The fourth-order valence-corrected chi connectivity index (χ4v) is 4.25. The van der Waals surface area contributed by atoms with E-state index in [1.54, 1.807) is 42.5 Å². The molecule has 1 saturated heterocycles. The number of aliphatic hydroxyl groups is 1. The van der Waals surface area contributed by atoms with Gasteiger partial charge >= 0.3 is 0 Å². The number of ketones is 1. The van der Waals surface area contributed by atoms with Crippen LogP contribution < -0.4 is 14.4 Å². The van der Waals surface area contributed by atoms with E-state index < -0.39 is 17.7 Å². The van der Waals surface area contributed by atoms with Crippen LogP contribution >= 0.6 is 0 Å². The number of rotatable bonds is 7. The lowest BCUT2D eigenvalue weighted by Crippen LogP contribution is -2.29. The highest BCUT2D eigenvalue weighted by Crippen LogP contribution is 2.42. The fraction of sp³-hybridized carbons (Fsp3) is 0.241. The number of nitrogens with zero attached hydrogens (tertiary/aromatic N) is 1. The first kappa shape index (κ1) is 24.1. The summed E-state index contributed by atoms with van der Waals surface area (Å²) in [6, 6.07) is 20.7. The molecule has 6 heteroatoms. The second-order valence-corrected chi connectivity index (χ2v) is 8.70. The molecule has 35 heavy (non-hydrogen) atoms. The summed E-state index contributed by atoms with van der Waals surface area (Å²) in [5.41, 5.74) is 2.66. The van der Waals surface area contributed by atoms with Gasteiger partial charge in [0.1, 0.15) is 17.3 Å². The zero-order valence-electron chi connectivity index (χ0n) is 20.3. The first-order valence-electron chi connectivity index (χ1n) is 11.7. The molecule has 1 aliphatic rings. The molecule has 4 rings (SSSR count). The molecule has 0 aromatic heterocycles. The van der Waals surface area contributed by atoms with Gasteiger partial charge in [0.15, 0.2) is 0 Å². The molecule has 0 spiro atoms. The Balaban J connectivity index is 1.88. The lowest BCUT2D eigenvalue weighted by atomic mass is 9.95. The van der Waals surface area contributed by atoms with Crippen LogP contribution in [0.4, 0.5) is 5.69 Å². The maximum absolute atomic E-state index is 13.3. The van der Waals surface area contributed by atoms with Gasteiger partial charge in [0.2, 0.25) is 0 Å². The van der Waals surface area contributed by atoms with Crippen LogP contribution in [0.25, 0.3) is 5.76 Å². The number of hydrogen-bond acceptors (Lipinski definition) is 5. The quantitative estimate of drug-likeness (QED) is 0.267. The van der Waals surface area contributed by atoms with E-state index in [9.17, 15) is 14.7 Å². The average Bonchev–Trinajstić information content (AvgIpc) is 3.09. The minimum absolute atomic E-state index is 0.0300. The second kappa shape index (κ2) is 10.1. The first-order valence-corrected chi connectivity index (χ1v) is 11.7. The van der Waals surface area contributed by atoms with Gasteiger partial charge in [-0.25, -0.2) is 0 Å². The van der Waals surface area contributed by atoms with Crippen molar-refractivity contribution in [2.24, 2.45) is 0 Å². The van der Waals surface area contributed by atoms with Gasteiger partial charge in [0.25, 0.3) is 11.7 Å². The number of hydrogen-bond donors (Lipinski definition) is 1. The summed E-state index contributed by atoms with van der Waals surface area (Å²) in [6.45, 7) is 8.16. The molecule has 1 atom stereocenters. The molecule has 180 valence electrons. The molecule has 0 radical (unpaired) electrons. The predicted molar refractivity (Wildman–Crippen MR) is 136 cm³/mol. The van der Waals surface area contributed by atoms with Gasteiger partial charge in [-0.15, -0.1) is 0 Å². The van der Waals surface area contributed by atoms with Crippen LogP contribution in [0, 0.1) is 6.92 Å². The molecule has 1 heterocycles. The average molecular weight is 472 g/mol. The highest BCUT2D eigenvalue weighted by Gasteiger charge is 2.47. The summed E-state index contributed by atoms with van der Waals surface area (Å²) >= 11 is 0. The minimum atomic E-state index is -0.804. The van der Waals surface area contributed by atoms with Gasteiger partial charge in [-0.1, -0.05) is 36.4 Å². The molecular formula is C29H29NO5. The Labute approximate surface area is 205 Å². The zero-order valence-corrected chi connectivity index (χ0v) is 20.3. The number of carbonyl (C=O) groups excluding carboxylic acids is 2. The predicted octanol–water partition coefficient (Wildman–Crippen LogP) is 5.81. The lowest BCUT2D eigenvalue weighted by molar-refractivity contribution is -0.132. The number of anilines is 1. The van der Waals surface area contributed by atoms with E-state index in [1.807, 2.05) is 58.0 Å². The number of benzene rings is 3. The molecule has 1 aliphatic heterocycles. The fourth-order valence-electron chi connectivity index (χ4n) is 4.25. The van der Waals surface area contributed by atoms with E-state index in [4.69, 9.17) is 9.47 Å². The van der Waals surface area contributed by atoms with Crippen molar-refractivity contribution in [2.45, 2.75) is 39.8 Å². The van der Waals surface area contributed by atoms with Gasteiger partial charge in [-0.3, -0.25) is 14.5 Å². The summed E-state index contributed by atoms with van der Waals surface area (Å²) < 4.78 is 11.3. The molecule has 0 bridgehead atoms. The number of amides is 1. The van der Waals surface area contributed by atoms with Crippen LogP contribution in [0.3, 0.4) is 0 Å². The molecule has 3 aromatic rings. The Bertz CT molecular complexity index is 1280. The zero-order chi connectivity index (χ0) is 25.1. The molecule has 1 N–H and O–H groups in total. The van der Waals surface area contributed by atoms with E-state index in [-0.39, 0.29) is 17.4 Å². The van der Waals surface area contributed by atoms with Crippen LogP contribution in [-0.2, 0) is 9.59 Å². The summed E-state index contributed by atoms with van der Waals surface area (Å²) in [7, 11) is 0. The molecule has 1 fully saturated rings. The topological polar surface area (TPSA) is 76.1 Å². The normalized spacial score (nSPS) is 17.2. The van der Waals surface area contributed by atoms with Gasteiger partial charge in [0, 0.05) is 11.3 Å².